The molecule has 0 aromatic carbocycles. The van der Waals surface area contributed by atoms with Crippen LogP contribution in [0.1, 0.15) is 82.6 Å². The fourth-order valence-electron chi connectivity index (χ4n) is 3.20. The molecule has 0 aliphatic rings. The second kappa shape index (κ2) is 10.3. The Morgan fingerprint density at radius 2 is 1.40 bits per heavy atom. The summed E-state index contributed by atoms with van der Waals surface area (Å²) in [6, 6.07) is 0. The van der Waals surface area contributed by atoms with Crippen LogP contribution >= 0.6 is 0 Å². The molecule has 0 aromatic heterocycles. The maximum atomic E-state index is 13.6. The molecule has 1 N–H and O–H groups in total. The summed E-state index contributed by atoms with van der Waals surface area (Å²) < 4.78 is 12.1. The van der Waals surface area contributed by atoms with Gasteiger partial charge in [-0.2, -0.15) is 0 Å². The first kappa shape index (κ1) is 29.3. The Morgan fingerprint density at radius 1 is 0.933 bits per heavy atom. The lowest BCUT2D eigenvalue weighted by Crippen LogP contribution is -2.51. The molecule has 0 fully saturated rings. The van der Waals surface area contributed by atoms with E-state index in [0.29, 0.717) is 0 Å². The highest BCUT2D eigenvalue weighted by atomic mass is 28.4. The maximum absolute atomic E-state index is 13.6. The van der Waals surface area contributed by atoms with Gasteiger partial charge in [-0.15, -0.1) is 0 Å². The zero-order chi connectivity index (χ0) is 24.3. The van der Waals surface area contributed by atoms with E-state index in [1.165, 1.54) is 0 Å². The lowest BCUT2D eigenvalue weighted by Gasteiger charge is -2.44. The van der Waals surface area contributed by atoms with Gasteiger partial charge in [0.2, 0.25) is 0 Å². The van der Waals surface area contributed by atoms with Gasteiger partial charge >= 0.3 is 5.97 Å². The number of Topliss-reactive ketones (excluding diaryl/α,β-unsaturated/α-hetero) is 1. The van der Waals surface area contributed by atoms with Crippen LogP contribution in [0, 0.1) is 23.2 Å². The zero-order valence-corrected chi connectivity index (χ0v) is 22.8. The minimum atomic E-state index is -2.13. The fourth-order valence-corrected chi connectivity index (χ4v) is 4.67. The monoisotopic (exact) mass is 444 g/mol. The molecular formula is C24H48O5Si. The van der Waals surface area contributed by atoms with E-state index in [1.54, 1.807) is 0 Å². The van der Waals surface area contributed by atoms with E-state index in [2.05, 4.69) is 33.9 Å². The molecule has 0 saturated heterocycles. The van der Waals surface area contributed by atoms with Crippen molar-refractivity contribution >= 4 is 20.1 Å². The number of hydrogen-bond donors (Lipinski definition) is 1. The molecule has 178 valence electrons. The summed E-state index contributed by atoms with van der Waals surface area (Å²) in [5.74, 6) is -0.962. The average Bonchev–Trinajstić information content (AvgIpc) is 2.54. The molecule has 0 spiro atoms. The van der Waals surface area contributed by atoms with E-state index in [-0.39, 0.29) is 47.8 Å². The van der Waals surface area contributed by atoms with Crippen molar-refractivity contribution in [3.63, 3.8) is 0 Å². The van der Waals surface area contributed by atoms with Crippen LogP contribution in [0.3, 0.4) is 0 Å². The minimum absolute atomic E-state index is 0.00270. The molecule has 0 rings (SSSR count). The number of esters is 1. The van der Waals surface area contributed by atoms with Gasteiger partial charge in [-0.3, -0.25) is 9.59 Å². The lowest BCUT2D eigenvalue weighted by atomic mass is 9.69. The van der Waals surface area contributed by atoms with Crippen molar-refractivity contribution in [1.29, 1.82) is 0 Å². The predicted octanol–water partition coefficient (Wildman–Crippen LogP) is 5.60. The molecule has 0 bridgehead atoms. The van der Waals surface area contributed by atoms with Crippen LogP contribution in [0.15, 0.2) is 0 Å². The Kier molecular flexibility index (Phi) is 10.0. The van der Waals surface area contributed by atoms with E-state index in [9.17, 15) is 14.7 Å². The van der Waals surface area contributed by atoms with Gasteiger partial charge in [0.15, 0.2) is 8.32 Å². The van der Waals surface area contributed by atoms with Gasteiger partial charge in [-0.05, 0) is 44.8 Å². The Balaban J connectivity index is 5.61. The molecule has 5 nitrogen and oxygen atoms in total. The summed E-state index contributed by atoms with van der Waals surface area (Å²) >= 11 is 0. The highest BCUT2D eigenvalue weighted by Gasteiger charge is 2.46. The number of hydrogen-bond acceptors (Lipinski definition) is 5. The highest BCUT2D eigenvalue weighted by molar-refractivity contribution is 6.74. The van der Waals surface area contributed by atoms with E-state index >= 15 is 0 Å². The van der Waals surface area contributed by atoms with Gasteiger partial charge in [0.25, 0.3) is 0 Å². The van der Waals surface area contributed by atoms with Crippen molar-refractivity contribution < 1.29 is 23.9 Å². The number of carbonyl (C=O) groups excluding carboxylic acids is 2. The van der Waals surface area contributed by atoms with Crippen molar-refractivity contribution in [2.75, 3.05) is 6.61 Å². The van der Waals surface area contributed by atoms with Crippen LogP contribution in [0.5, 0.6) is 0 Å². The standard InChI is InChI=1S/C24H48O5Si/c1-16(15-25)20(29-30(12,13)23(7,8)9)18(3)21(27)24(10,11)17(2)14-19(26)28-22(4,5)6/h16-18,20,25H,14-15H2,1-13H3/t16-,17-,18+,20-/m0/s1. The van der Waals surface area contributed by atoms with E-state index in [1.807, 2.05) is 55.4 Å². The first-order valence-corrected chi connectivity index (χ1v) is 14.1. The lowest BCUT2D eigenvalue weighted by molar-refractivity contribution is -0.157. The normalized spacial score (nSPS) is 17.8. The minimum Gasteiger partial charge on any atom is -0.460 e. The van der Waals surface area contributed by atoms with Gasteiger partial charge in [0.1, 0.15) is 11.4 Å². The van der Waals surface area contributed by atoms with Gasteiger partial charge in [-0.25, -0.2) is 0 Å². The second-order valence-electron chi connectivity index (χ2n) is 12.1. The molecule has 0 aliphatic heterocycles. The summed E-state index contributed by atoms with van der Waals surface area (Å²) in [6.07, 6.45) is -0.178. The molecular weight excluding hydrogens is 396 g/mol. The molecule has 0 aliphatic carbocycles. The van der Waals surface area contributed by atoms with E-state index in [4.69, 9.17) is 9.16 Å². The van der Waals surface area contributed by atoms with Crippen LogP contribution < -0.4 is 0 Å². The number of ketones is 1. The second-order valence-corrected chi connectivity index (χ2v) is 16.8. The van der Waals surface area contributed by atoms with Crippen molar-refractivity contribution in [1.82, 2.24) is 0 Å². The summed E-state index contributed by atoms with van der Waals surface area (Å²) in [5, 5.41) is 9.84. The zero-order valence-electron chi connectivity index (χ0n) is 21.8. The molecule has 0 radical (unpaired) electrons. The first-order chi connectivity index (χ1) is 13.2. The number of ether oxygens (including phenoxy) is 1. The quantitative estimate of drug-likeness (QED) is 0.350. The van der Waals surface area contributed by atoms with Crippen LogP contribution in [0.4, 0.5) is 0 Å². The van der Waals surface area contributed by atoms with Crippen molar-refractivity contribution in [3.05, 3.63) is 0 Å². The van der Waals surface area contributed by atoms with Crippen LogP contribution in [-0.2, 0) is 18.8 Å². The van der Waals surface area contributed by atoms with Crippen molar-refractivity contribution in [2.24, 2.45) is 23.2 Å². The summed E-state index contributed by atoms with van der Waals surface area (Å²) in [4.78, 5) is 25.9. The van der Waals surface area contributed by atoms with E-state index in [0.717, 1.165) is 0 Å². The highest BCUT2D eigenvalue weighted by Crippen LogP contribution is 2.41. The topological polar surface area (TPSA) is 72.8 Å². The summed E-state index contributed by atoms with van der Waals surface area (Å²) in [5.41, 5.74) is -1.27. The van der Waals surface area contributed by atoms with Gasteiger partial charge in [0, 0.05) is 30.3 Å². The van der Waals surface area contributed by atoms with Crippen LogP contribution in [0.2, 0.25) is 18.1 Å². The molecule has 0 amide bonds. The Labute approximate surface area is 186 Å². The van der Waals surface area contributed by atoms with Gasteiger partial charge in [0.05, 0.1) is 6.10 Å². The third kappa shape index (κ3) is 8.08. The molecule has 0 aromatic rings. The molecule has 6 heteroatoms. The largest absolute Gasteiger partial charge is 0.460 e. The van der Waals surface area contributed by atoms with Crippen LogP contribution in [0.25, 0.3) is 0 Å². The number of aliphatic hydroxyl groups is 1. The number of carbonyl (C=O) groups is 2. The molecule has 30 heavy (non-hydrogen) atoms. The first-order valence-electron chi connectivity index (χ1n) is 11.2. The molecule has 0 heterocycles. The maximum Gasteiger partial charge on any atom is 0.306 e. The van der Waals surface area contributed by atoms with Crippen LogP contribution in [-0.4, -0.2) is 43.5 Å². The molecule has 0 saturated carbocycles. The van der Waals surface area contributed by atoms with Crippen molar-refractivity contribution in [2.45, 2.75) is 112 Å². The van der Waals surface area contributed by atoms with E-state index < -0.39 is 25.3 Å². The number of aliphatic hydroxyl groups excluding tert-OH is 1. The SMILES string of the molecule is C[C@@H](CO)[C@H](O[Si](C)(C)C(C)(C)C)[C@@H](C)C(=O)C(C)(C)[C@@H](C)CC(=O)OC(C)(C)C. The number of rotatable bonds is 10. The third-order valence-electron chi connectivity index (χ3n) is 6.75. The third-order valence-corrected chi connectivity index (χ3v) is 11.2. The summed E-state index contributed by atoms with van der Waals surface area (Å²) in [7, 11) is -2.13. The molecule has 4 atom stereocenters. The fraction of sp³-hybridized carbons (Fsp3) is 0.917. The van der Waals surface area contributed by atoms with Gasteiger partial charge < -0.3 is 14.3 Å². The Morgan fingerprint density at radius 3 is 1.77 bits per heavy atom. The smallest absolute Gasteiger partial charge is 0.306 e. The Hall–Kier alpha value is -0.723. The van der Waals surface area contributed by atoms with Gasteiger partial charge in [-0.1, -0.05) is 55.4 Å². The average molecular weight is 445 g/mol. The summed E-state index contributed by atoms with van der Waals surface area (Å²) in [6.45, 7) is 25.9. The van der Waals surface area contributed by atoms with Crippen molar-refractivity contribution in [3.8, 4) is 0 Å². The predicted molar refractivity (Wildman–Crippen MR) is 126 cm³/mol. The molecule has 0 unspecified atom stereocenters. The Bertz CT molecular complexity index is 583.